The van der Waals surface area contributed by atoms with Gasteiger partial charge in [0.05, 0.1) is 17.4 Å². The molecule has 190 valence electrons. The van der Waals surface area contributed by atoms with Gasteiger partial charge >= 0.3 is 0 Å². The van der Waals surface area contributed by atoms with Crippen LogP contribution in [0.15, 0.2) is 61.1 Å². The van der Waals surface area contributed by atoms with Crippen molar-refractivity contribution < 1.29 is 14.2 Å². The minimum absolute atomic E-state index is 0.0521. The van der Waals surface area contributed by atoms with Crippen LogP contribution in [-0.2, 0) is 0 Å². The van der Waals surface area contributed by atoms with E-state index in [0.717, 1.165) is 5.52 Å². The summed E-state index contributed by atoms with van der Waals surface area (Å²) in [6.45, 7) is 1.15. The summed E-state index contributed by atoms with van der Waals surface area (Å²) in [5.41, 5.74) is 5.53. The number of pyridine rings is 3. The maximum absolute atomic E-state index is 14.5. The predicted octanol–water partition coefficient (Wildman–Crippen LogP) is 4.41. The number of halogens is 1. The normalized spacial score (nSPS) is 11.6. The maximum Gasteiger partial charge on any atom is 0.162 e. The summed E-state index contributed by atoms with van der Waals surface area (Å²) in [6.07, 6.45) is 4.63. The highest BCUT2D eigenvalue weighted by atomic mass is 19.1. The van der Waals surface area contributed by atoms with Crippen molar-refractivity contribution in [2.45, 2.75) is 0 Å². The number of imidazole rings is 1. The van der Waals surface area contributed by atoms with Crippen molar-refractivity contribution >= 4 is 22.2 Å². The van der Waals surface area contributed by atoms with Crippen LogP contribution in [0.3, 0.4) is 0 Å². The Kier molecular flexibility index (Phi) is 5.89. The van der Waals surface area contributed by atoms with E-state index in [0.29, 0.717) is 69.5 Å². The average molecular weight is 511 g/mol. The second kappa shape index (κ2) is 9.52. The van der Waals surface area contributed by atoms with E-state index < -0.39 is 5.82 Å². The van der Waals surface area contributed by atoms with E-state index in [-0.39, 0.29) is 5.75 Å². The molecular weight excluding hydrogens is 487 g/mol. The van der Waals surface area contributed by atoms with Crippen LogP contribution in [0.5, 0.6) is 11.5 Å². The third kappa shape index (κ3) is 4.50. The molecule has 0 amide bonds. The number of H-pyrrole nitrogens is 2. The van der Waals surface area contributed by atoms with E-state index in [1.54, 1.807) is 30.6 Å². The monoisotopic (exact) mass is 510 g/mol. The van der Waals surface area contributed by atoms with Gasteiger partial charge < -0.3 is 19.7 Å². The van der Waals surface area contributed by atoms with Crippen LogP contribution in [0.1, 0.15) is 0 Å². The fraction of sp³-hybridized carbons (Fsp3) is 0.148. The summed E-state index contributed by atoms with van der Waals surface area (Å²) in [5.74, 6) is 0.554. The van der Waals surface area contributed by atoms with Gasteiger partial charge in [-0.15, -0.1) is 0 Å². The quantitative estimate of drug-likeness (QED) is 0.288. The molecule has 5 heterocycles. The van der Waals surface area contributed by atoms with Crippen molar-refractivity contribution in [1.29, 1.82) is 0 Å². The summed E-state index contributed by atoms with van der Waals surface area (Å²) in [6, 6.07) is 11.7. The van der Waals surface area contributed by atoms with Crippen LogP contribution < -0.4 is 4.74 Å². The fourth-order valence-electron chi connectivity index (χ4n) is 4.20. The zero-order chi connectivity index (χ0) is 26.2. The Bertz CT molecular complexity index is 1780. The van der Waals surface area contributed by atoms with Crippen LogP contribution in [0.4, 0.5) is 4.39 Å². The molecule has 0 unspecified atom stereocenters. The van der Waals surface area contributed by atoms with Gasteiger partial charge in [-0.1, -0.05) is 0 Å². The molecule has 0 fully saturated rings. The van der Waals surface area contributed by atoms with Gasteiger partial charge in [0.25, 0.3) is 0 Å². The fourth-order valence-corrected chi connectivity index (χ4v) is 4.20. The lowest BCUT2D eigenvalue weighted by molar-refractivity contribution is 0.260. The van der Waals surface area contributed by atoms with E-state index >= 15 is 0 Å². The van der Waals surface area contributed by atoms with Crippen LogP contribution >= 0.6 is 0 Å². The number of aromatic nitrogens is 7. The number of nitrogens with one attached hydrogen (secondary N) is 2. The molecule has 6 rings (SSSR count). The Morgan fingerprint density at radius 2 is 1.89 bits per heavy atom. The first-order chi connectivity index (χ1) is 18.4. The first kappa shape index (κ1) is 23.5. The Hall–Kier alpha value is -4.90. The topological polar surface area (TPSA) is 129 Å². The number of aromatic amines is 2. The molecule has 0 bridgehead atoms. The molecule has 6 aromatic rings. The van der Waals surface area contributed by atoms with Crippen molar-refractivity contribution in [3.63, 3.8) is 0 Å². The summed E-state index contributed by atoms with van der Waals surface area (Å²) in [7, 11) is 3.90. The molecule has 11 heteroatoms. The summed E-state index contributed by atoms with van der Waals surface area (Å²) in [5, 5.41) is 17.2. The molecule has 0 saturated heterocycles. The van der Waals surface area contributed by atoms with Gasteiger partial charge in [0.15, 0.2) is 17.2 Å². The van der Waals surface area contributed by atoms with E-state index in [1.807, 2.05) is 31.1 Å². The SMILES string of the molecule is CN(C)CCOc1cc(F)cc(-c2ccnc3[nH]c(-c4n[nH]c5ccc(-c6cncc(O)c6)nc45)nc23)c1. The van der Waals surface area contributed by atoms with Crippen molar-refractivity contribution in [2.24, 2.45) is 0 Å². The standard InChI is InChI=1S/C27H23FN8O2/c1-36(2)7-8-38-19-11-15(9-17(28)12-19)20-5-6-30-26-23(20)32-27(33-26)25-24-22(34-35-25)4-3-21(31-24)16-10-18(37)14-29-13-16/h3-6,9-14,37H,7-8H2,1-2H3,(H,34,35)(H,30,32,33). The van der Waals surface area contributed by atoms with Crippen LogP contribution in [0.25, 0.3) is 56.1 Å². The minimum atomic E-state index is -0.403. The molecule has 0 aliphatic heterocycles. The van der Waals surface area contributed by atoms with Crippen molar-refractivity contribution in [3.8, 4) is 45.4 Å². The van der Waals surface area contributed by atoms with Gasteiger partial charge in [-0.3, -0.25) is 10.1 Å². The highest BCUT2D eigenvalue weighted by molar-refractivity contribution is 5.95. The molecule has 5 aromatic heterocycles. The second-order valence-electron chi connectivity index (χ2n) is 9.07. The van der Waals surface area contributed by atoms with Gasteiger partial charge in [-0.25, -0.2) is 19.3 Å². The van der Waals surface area contributed by atoms with Gasteiger partial charge in [-0.05, 0) is 56.1 Å². The van der Waals surface area contributed by atoms with Crippen LogP contribution in [0.2, 0.25) is 0 Å². The Labute approximate surface area is 216 Å². The number of nitrogens with zero attached hydrogens (tertiary/aromatic N) is 6. The van der Waals surface area contributed by atoms with E-state index in [4.69, 9.17) is 14.7 Å². The lowest BCUT2D eigenvalue weighted by Gasteiger charge is -2.12. The van der Waals surface area contributed by atoms with Crippen LogP contribution in [0, 0.1) is 5.82 Å². The number of hydrogen-bond donors (Lipinski definition) is 3. The maximum atomic E-state index is 14.5. The zero-order valence-corrected chi connectivity index (χ0v) is 20.6. The number of benzene rings is 1. The lowest BCUT2D eigenvalue weighted by atomic mass is 10.1. The molecule has 3 N–H and O–H groups in total. The number of ether oxygens (including phenoxy) is 1. The van der Waals surface area contributed by atoms with Crippen molar-refractivity contribution in [1.82, 2.24) is 40.0 Å². The molecule has 0 saturated carbocycles. The van der Waals surface area contributed by atoms with E-state index in [1.165, 1.54) is 18.3 Å². The van der Waals surface area contributed by atoms with Gasteiger partial charge in [0.2, 0.25) is 0 Å². The van der Waals surface area contributed by atoms with Crippen LogP contribution in [-0.4, -0.2) is 72.4 Å². The molecule has 38 heavy (non-hydrogen) atoms. The molecule has 10 nitrogen and oxygen atoms in total. The summed E-state index contributed by atoms with van der Waals surface area (Å²) in [4.78, 5) is 23.2. The smallest absolute Gasteiger partial charge is 0.162 e. The molecule has 0 radical (unpaired) electrons. The van der Waals surface area contributed by atoms with Crippen molar-refractivity contribution in [3.05, 3.63) is 66.9 Å². The minimum Gasteiger partial charge on any atom is -0.506 e. The number of hydrogen-bond acceptors (Lipinski definition) is 8. The molecule has 1 aromatic carbocycles. The number of aromatic hydroxyl groups is 1. The number of rotatable bonds is 7. The van der Waals surface area contributed by atoms with Gasteiger partial charge in [-0.2, -0.15) is 5.10 Å². The Morgan fingerprint density at radius 3 is 2.74 bits per heavy atom. The lowest BCUT2D eigenvalue weighted by Crippen LogP contribution is -2.19. The first-order valence-corrected chi connectivity index (χ1v) is 11.9. The molecular formula is C27H23FN8O2. The number of fused-ring (bicyclic) bond motifs is 2. The largest absolute Gasteiger partial charge is 0.506 e. The number of likely N-dealkylation sites (N-methyl/N-ethyl adjacent to an activating group) is 1. The Morgan fingerprint density at radius 1 is 1.00 bits per heavy atom. The third-order valence-electron chi connectivity index (χ3n) is 6.03. The van der Waals surface area contributed by atoms with E-state index in [2.05, 4.69) is 25.1 Å². The highest BCUT2D eigenvalue weighted by Crippen LogP contribution is 2.33. The molecule has 0 aliphatic carbocycles. The van der Waals surface area contributed by atoms with Gasteiger partial charge in [0.1, 0.15) is 35.0 Å². The second-order valence-corrected chi connectivity index (χ2v) is 9.07. The highest BCUT2D eigenvalue weighted by Gasteiger charge is 2.18. The molecule has 0 spiro atoms. The average Bonchev–Trinajstić information content (AvgIpc) is 3.51. The summed E-state index contributed by atoms with van der Waals surface area (Å²) < 4.78 is 20.3. The Balaban J connectivity index is 1.40. The van der Waals surface area contributed by atoms with E-state index in [9.17, 15) is 9.50 Å². The predicted molar refractivity (Wildman–Crippen MR) is 141 cm³/mol. The summed E-state index contributed by atoms with van der Waals surface area (Å²) >= 11 is 0. The molecule has 0 atom stereocenters. The molecule has 0 aliphatic rings. The zero-order valence-electron chi connectivity index (χ0n) is 20.6. The van der Waals surface area contributed by atoms with Crippen molar-refractivity contribution in [2.75, 3.05) is 27.2 Å². The third-order valence-corrected chi connectivity index (χ3v) is 6.03. The first-order valence-electron chi connectivity index (χ1n) is 11.9. The van der Waals surface area contributed by atoms with Gasteiger partial charge in [0, 0.05) is 36.1 Å².